The van der Waals surface area contributed by atoms with Gasteiger partial charge in [-0.3, -0.25) is 34.0 Å². The SMILES string of the molecule is O=C(O)CN1CCN(CC(=O)O)CCN(Cc2cccc(N=C=S)c2)CCN(CC(=O)O)CC1. The van der Waals surface area contributed by atoms with Gasteiger partial charge >= 0.3 is 17.9 Å². The molecule has 0 aromatic heterocycles. The Bertz CT molecular complexity index is 862. The van der Waals surface area contributed by atoms with Gasteiger partial charge in [0.25, 0.3) is 0 Å². The summed E-state index contributed by atoms with van der Waals surface area (Å²) in [7, 11) is 0. The van der Waals surface area contributed by atoms with Crippen LogP contribution in [0.3, 0.4) is 0 Å². The van der Waals surface area contributed by atoms with E-state index >= 15 is 0 Å². The van der Waals surface area contributed by atoms with E-state index in [9.17, 15) is 29.7 Å². The largest absolute Gasteiger partial charge is 0.480 e. The first-order valence-corrected chi connectivity index (χ1v) is 11.4. The number of carboxylic acid groups (broad SMARTS) is 3. The van der Waals surface area contributed by atoms with Gasteiger partial charge in [0, 0.05) is 58.9 Å². The molecule has 0 atom stereocenters. The smallest absolute Gasteiger partial charge is 0.317 e. The lowest BCUT2D eigenvalue weighted by Gasteiger charge is -2.33. The maximum absolute atomic E-state index is 11.4. The van der Waals surface area contributed by atoms with Crippen molar-refractivity contribution in [3.8, 4) is 0 Å². The molecule has 0 unspecified atom stereocenters. The van der Waals surface area contributed by atoms with Crippen molar-refractivity contribution < 1.29 is 29.7 Å². The zero-order valence-electron chi connectivity index (χ0n) is 19.0. The summed E-state index contributed by atoms with van der Waals surface area (Å²) in [6, 6.07) is 7.57. The number of isothiocyanates is 1. The minimum absolute atomic E-state index is 0.140. The molecule has 1 aromatic rings. The van der Waals surface area contributed by atoms with Crippen LogP contribution >= 0.6 is 12.2 Å². The zero-order chi connectivity index (χ0) is 24.9. The van der Waals surface area contributed by atoms with Gasteiger partial charge in [0.15, 0.2) is 0 Å². The van der Waals surface area contributed by atoms with E-state index in [1.54, 1.807) is 14.7 Å². The van der Waals surface area contributed by atoms with Crippen LogP contribution in [0.2, 0.25) is 0 Å². The highest BCUT2D eigenvalue weighted by Crippen LogP contribution is 2.15. The highest BCUT2D eigenvalue weighted by Gasteiger charge is 2.20. The van der Waals surface area contributed by atoms with E-state index < -0.39 is 17.9 Å². The number of nitrogens with zero attached hydrogens (tertiary/aromatic N) is 5. The number of carboxylic acids is 3. The number of carbonyl (C=O) groups is 3. The molecule has 11 nitrogen and oxygen atoms in total. The van der Waals surface area contributed by atoms with Crippen LogP contribution in [0.5, 0.6) is 0 Å². The van der Waals surface area contributed by atoms with E-state index in [1.807, 2.05) is 24.3 Å². The molecule has 0 aliphatic carbocycles. The van der Waals surface area contributed by atoms with Crippen molar-refractivity contribution in [1.82, 2.24) is 19.6 Å². The number of rotatable bonds is 9. The molecule has 0 saturated carbocycles. The van der Waals surface area contributed by atoms with Crippen molar-refractivity contribution in [3.63, 3.8) is 0 Å². The van der Waals surface area contributed by atoms with Gasteiger partial charge < -0.3 is 15.3 Å². The van der Waals surface area contributed by atoms with Crippen LogP contribution in [0.15, 0.2) is 29.3 Å². The van der Waals surface area contributed by atoms with E-state index in [0.29, 0.717) is 64.6 Å². The van der Waals surface area contributed by atoms with E-state index in [-0.39, 0.29) is 19.6 Å². The second-order valence-corrected chi connectivity index (χ2v) is 8.34. The molecule has 1 aromatic carbocycles. The van der Waals surface area contributed by atoms with Gasteiger partial charge in [-0.15, -0.1) is 0 Å². The zero-order valence-corrected chi connectivity index (χ0v) is 19.8. The fourth-order valence-corrected chi connectivity index (χ4v) is 3.93. The van der Waals surface area contributed by atoms with Gasteiger partial charge in [-0.2, -0.15) is 4.99 Å². The van der Waals surface area contributed by atoms with Crippen molar-refractivity contribution in [3.05, 3.63) is 29.8 Å². The number of thiocarbonyl (C=S) groups is 1. The normalized spacial score (nSPS) is 17.8. The monoisotopic (exact) mass is 493 g/mol. The van der Waals surface area contributed by atoms with Crippen LogP contribution in [0.25, 0.3) is 0 Å². The Morgan fingerprint density at radius 1 is 0.765 bits per heavy atom. The first-order valence-electron chi connectivity index (χ1n) is 11.0. The highest BCUT2D eigenvalue weighted by molar-refractivity contribution is 7.78. The number of aliphatic imine (C=N–C) groups is 1. The molecule has 0 bridgehead atoms. The molecular formula is C22H31N5O6S. The molecule has 12 heteroatoms. The predicted molar refractivity (Wildman–Crippen MR) is 129 cm³/mol. The van der Waals surface area contributed by atoms with E-state index in [1.165, 1.54) is 0 Å². The van der Waals surface area contributed by atoms with Gasteiger partial charge in [0.2, 0.25) is 0 Å². The molecule has 3 N–H and O–H groups in total. The first-order chi connectivity index (χ1) is 16.2. The molecule has 0 amide bonds. The topological polar surface area (TPSA) is 137 Å². The average Bonchev–Trinajstić information content (AvgIpc) is 2.75. The lowest BCUT2D eigenvalue weighted by molar-refractivity contribution is -0.140. The van der Waals surface area contributed by atoms with E-state index in [2.05, 4.69) is 27.3 Å². The van der Waals surface area contributed by atoms with Crippen molar-refractivity contribution in [2.24, 2.45) is 4.99 Å². The summed E-state index contributed by atoms with van der Waals surface area (Å²) in [4.78, 5) is 45.5. The standard InChI is InChI=1S/C22H31N5O6S/c28-20(29)14-25-6-4-24(13-18-2-1-3-19(12-18)23-17-34)5-7-26(15-21(30)31)9-11-27(10-8-25)16-22(32)33/h1-3,12H,4-11,13-16H2,(H,28,29)(H,30,31)(H,32,33). The summed E-state index contributed by atoms with van der Waals surface area (Å²) in [5.74, 6) is -2.86. The minimum Gasteiger partial charge on any atom is -0.480 e. The Labute approximate surface area is 203 Å². The lowest BCUT2D eigenvalue weighted by atomic mass is 10.2. The molecule has 1 saturated heterocycles. The van der Waals surface area contributed by atoms with Crippen LogP contribution in [0, 0.1) is 0 Å². The maximum Gasteiger partial charge on any atom is 0.317 e. The molecule has 1 heterocycles. The average molecular weight is 494 g/mol. The third-order valence-electron chi connectivity index (χ3n) is 5.50. The summed E-state index contributed by atoms with van der Waals surface area (Å²) in [6.07, 6.45) is 0. The Hall–Kier alpha value is -2.73. The van der Waals surface area contributed by atoms with Crippen molar-refractivity contribution >= 4 is 41.0 Å². The van der Waals surface area contributed by atoms with Gasteiger partial charge in [-0.1, -0.05) is 12.1 Å². The van der Waals surface area contributed by atoms with Crippen molar-refractivity contribution in [2.75, 3.05) is 72.0 Å². The Kier molecular flexibility index (Phi) is 11.7. The second-order valence-electron chi connectivity index (χ2n) is 8.16. The molecule has 1 fully saturated rings. The predicted octanol–water partition coefficient (Wildman–Crippen LogP) is 0.396. The van der Waals surface area contributed by atoms with Gasteiger partial charge in [0.05, 0.1) is 30.5 Å². The molecule has 0 spiro atoms. The molecule has 2 rings (SSSR count). The van der Waals surface area contributed by atoms with E-state index in [4.69, 9.17) is 0 Å². The molecule has 1 aliphatic rings. The molecule has 186 valence electrons. The maximum atomic E-state index is 11.4. The highest BCUT2D eigenvalue weighted by atomic mass is 32.1. The summed E-state index contributed by atoms with van der Waals surface area (Å²) >= 11 is 4.68. The summed E-state index contributed by atoms with van der Waals surface area (Å²) in [5.41, 5.74) is 1.70. The fourth-order valence-electron chi connectivity index (χ4n) is 3.82. The Balaban J connectivity index is 2.19. The Morgan fingerprint density at radius 3 is 1.56 bits per heavy atom. The van der Waals surface area contributed by atoms with Crippen LogP contribution in [0.1, 0.15) is 5.56 Å². The fraction of sp³-hybridized carbons (Fsp3) is 0.545. The van der Waals surface area contributed by atoms with Crippen molar-refractivity contribution in [1.29, 1.82) is 0 Å². The molecular weight excluding hydrogens is 462 g/mol. The van der Waals surface area contributed by atoms with Gasteiger partial charge in [0.1, 0.15) is 0 Å². The van der Waals surface area contributed by atoms with Crippen LogP contribution in [-0.2, 0) is 20.9 Å². The summed E-state index contributed by atoms with van der Waals surface area (Å²) in [6.45, 7) is 3.72. The van der Waals surface area contributed by atoms with Gasteiger partial charge in [-0.05, 0) is 29.9 Å². The third-order valence-corrected chi connectivity index (χ3v) is 5.59. The van der Waals surface area contributed by atoms with Crippen LogP contribution in [0.4, 0.5) is 5.69 Å². The van der Waals surface area contributed by atoms with Crippen LogP contribution in [-0.4, -0.2) is 130 Å². The Morgan fingerprint density at radius 2 is 1.18 bits per heavy atom. The summed E-state index contributed by atoms with van der Waals surface area (Å²) < 4.78 is 0. The van der Waals surface area contributed by atoms with Crippen LogP contribution < -0.4 is 0 Å². The number of benzene rings is 1. The van der Waals surface area contributed by atoms with Crippen molar-refractivity contribution in [2.45, 2.75) is 6.54 Å². The second kappa shape index (κ2) is 14.5. The number of aliphatic carboxylic acids is 3. The minimum atomic E-state index is -0.979. The van der Waals surface area contributed by atoms with Gasteiger partial charge in [-0.25, -0.2) is 0 Å². The lowest BCUT2D eigenvalue weighted by Crippen LogP contribution is -2.48. The molecule has 0 radical (unpaired) electrons. The quantitative estimate of drug-likeness (QED) is 0.325. The molecule has 34 heavy (non-hydrogen) atoms. The number of hydrogen-bond donors (Lipinski definition) is 3. The van der Waals surface area contributed by atoms with E-state index in [0.717, 1.165) is 5.56 Å². The molecule has 1 aliphatic heterocycles. The summed E-state index contributed by atoms with van der Waals surface area (Å²) in [5, 5.41) is 30.2. The number of hydrogen-bond acceptors (Lipinski definition) is 9. The third kappa shape index (κ3) is 10.9. The first kappa shape index (κ1) is 27.5.